The molecule has 4 heteroatoms. The van der Waals surface area contributed by atoms with E-state index in [1.807, 2.05) is 6.92 Å². The Morgan fingerprint density at radius 3 is 2.78 bits per heavy atom. The summed E-state index contributed by atoms with van der Waals surface area (Å²) in [6, 6.07) is 0. The van der Waals surface area contributed by atoms with Gasteiger partial charge in [0, 0.05) is 13.1 Å². The fourth-order valence-electron chi connectivity index (χ4n) is 2.17. The van der Waals surface area contributed by atoms with Gasteiger partial charge in [0.2, 0.25) is 0 Å². The summed E-state index contributed by atoms with van der Waals surface area (Å²) in [5.41, 5.74) is 0.784. The summed E-state index contributed by atoms with van der Waals surface area (Å²) in [6.07, 6.45) is 4.94. The SMILES string of the molecule is CCCCCN(CCO)C(=O)C1=C(C)OCCC1. The Morgan fingerprint density at radius 1 is 1.39 bits per heavy atom. The van der Waals surface area contributed by atoms with Crippen molar-refractivity contribution in [1.29, 1.82) is 0 Å². The second-order valence-electron chi connectivity index (χ2n) is 4.71. The minimum atomic E-state index is 0.0189. The highest BCUT2D eigenvalue weighted by Gasteiger charge is 2.22. The van der Waals surface area contributed by atoms with Gasteiger partial charge in [-0.15, -0.1) is 0 Å². The Labute approximate surface area is 110 Å². The molecular weight excluding hydrogens is 230 g/mol. The van der Waals surface area contributed by atoms with E-state index in [1.165, 1.54) is 0 Å². The zero-order valence-electron chi connectivity index (χ0n) is 11.6. The van der Waals surface area contributed by atoms with E-state index in [0.29, 0.717) is 13.2 Å². The van der Waals surface area contributed by atoms with Gasteiger partial charge >= 0.3 is 0 Å². The van der Waals surface area contributed by atoms with Crippen LogP contribution in [0.5, 0.6) is 0 Å². The fraction of sp³-hybridized carbons (Fsp3) is 0.786. The van der Waals surface area contributed by atoms with Crippen molar-refractivity contribution in [2.75, 3.05) is 26.3 Å². The van der Waals surface area contributed by atoms with Gasteiger partial charge in [0.15, 0.2) is 0 Å². The molecule has 1 N–H and O–H groups in total. The molecule has 0 aromatic heterocycles. The molecule has 1 rings (SSSR count). The summed E-state index contributed by atoms with van der Waals surface area (Å²) in [4.78, 5) is 14.1. The lowest BCUT2D eigenvalue weighted by Crippen LogP contribution is -2.36. The minimum absolute atomic E-state index is 0.0189. The third-order valence-electron chi connectivity index (χ3n) is 3.26. The molecular formula is C14H25NO3. The molecule has 104 valence electrons. The standard InChI is InChI=1S/C14H25NO3/c1-3-4-5-8-15(9-10-16)14(17)13-7-6-11-18-12(13)2/h16H,3-11H2,1-2H3. The Hall–Kier alpha value is -1.03. The van der Waals surface area contributed by atoms with Crippen molar-refractivity contribution in [1.82, 2.24) is 4.90 Å². The molecule has 1 amide bonds. The highest BCUT2D eigenvalue weighted by Crippen LogP contribution is 2.21. The van der Waals surface area contributed by atoms with E-state index in [4.69, 9.17) is 9.84 Å². The van der Waals surface area contributed by atoms with Gasteiger partial charge in [-0.2, -0.15) is 0 Å². The van der Waals surface area contributed by atoms with Crippen LogP contribution in [0.4, 0.5) is 0 Å². The molecule has 1 aliphatic rings. The molecule has 0 aromatic carbocycles. The topological polar surface area (TPSA) is 49.8 Å². The van der Waals surface area contributed by atoms with Crippen LogP contribution in [0.15, 0.2) is 11.3 Å². The zero-order valence-corrected chi connectivity index (χ0v) is 11.6. The van der Waals surface area contributed by atoms with Gasteiger partial charge in [-0.3, -0.25) is 4.79 Å². The van der Waals surface area contributed by atoms with Crippen LogP contribution in [0.3, 0.4) is 0 Å². The number of aliphatic hydroxyl groups excluding tert-OH is 1. The lowest BCUT2D eigenvalue weighted by atomic mass is 10.1. The number of allylic oxidation sites excluding steroid dienone is 1. The Balaban J connectivity index is 2.63. The number of ether oxygens (including phenoxy) is 1. The number of nitrogens with zero attached hydrogens (tertiary/aromatic N) is 1. The molecule has 0 saturated carbocycles. The van der Waals surface area contributed by atoms with Gasteiger partial charge in [0.05, 0.1) is 18.8 Å². The number of hydrogen-bond donors (Lipinski definition) is 1. The summed E-state index contributed by atoms with van der Waals surface area (Å²) < 4.78 is 5.44. The van der Waals surface area contributed by atoms with E-state index >= 15 is 0 Å². The number of carbonyl (C=O) groups excluding carboxylic acids is 1. The molecule has 0 atom stereocenters. The summed E-state index contributed by atoms with van der Waals surface area (Å²) in [5.74, 6) is 0.794. The summed E-state index contributed by atoms with van der Waals surface area (Å²) >= 11 is 0. The first kappa shape index (κ1) is 15.0. The van der Waals surface area contributed by atoms with E-state index in [2.05, 4.69) is 6.92 Å². The third-order valence-corrected chi connectivity index (χ3v) is 3.26. The van der Waals surface area contributed by atoms with E-state index in [1.54, 1.807) is 4.90 Å². The van der Waals surface area contributed by atoms with Crippen molar-refractivity contribution >= 4 is 5.91 Å². The zero-order chi connectivity index (χ0) is 13.4. The summed E-state index contributed by atoms with van der Waals surface area (Å²) in [6.45, 7) is 5.86. The molecule has 4 nitrogen and oxygen atoms in total. The summed E-state index contributed by atoms with van der Waals surface area (Å²) in [5, 5.41) is 9.07. The van der Waals surface area contributed by atoms with Gasteiger partial charge in [-0.05, 0) is 26.2 Å². The largest absolute Gasteiger partial charge is 0.498 e. The first-order valence-corrected chi connectivity index (χ1v) is 6.93. The molecule has 0 radical (unpaired) electrons. The maximum absolute atomic E-state index is 12.4. The highest BCUT2D eigenvalue weighted by molar-refractivity contribution is 5.94. The van der Waals surface area contributed by atoms with Crippen LogP contribution in [0.1, 0.15) is 46.0 Å². The van der Waals surface area contributed by atoms with Gasteiger partial charge in [-0.25, -0.2) is 0 Å². The van der Waals surface area contributed by atoms with Gasteiger partial charge in [0.1, 0.15) is 5.76 Å². The average molecular weight is 255 g/mol. The summed E-state index contributed by atoms with van der Waals surface area (Å²) in [7, 11) is 0. The maximum Gasteiger partial charge on any atom is 0.253 e. The predicted molar refractivity (Wildman–Crippen MR) is 71.1 cm³/mol. The van der Waals surface area contributed by atoms with Crippen LogP contribution >= 0.6 is 0 Å². The Bertz CT molecular complexity index is 299. The van der Waals surface area contributed by atoms with Crippen LogP contribution in [-0.4, -0.2) is 42.2 Å². The van der Waals surface area contributed by atoms with E-state index in [0.717, 1.165) is 50.0 Å². The predicted octanol–water partition coefficient (Wildman–Crippen LogP) is 2.08. The second kappa shape index (κ2) is 8.14. The van der Waals surface area contributed by atoms with Crippen LogP contribution in [0.25, 0.3) is 0 Å². The van der Waals surface area contributed by atoms with Crippen LogP contribution in [0, 0.1) is 0 Å². The number of unbranched alkanes of at least 4 members (excludes halogenated alkanes) is 2. The first-order valence-electron chi connectivity index (χ1n) is 6.93. The molecule has 18 heavy (non-hydrogen) atoms. The van der Waals surface area contributed by atoms with Crippen molar-refractivity contribution in [3.05, 3.63) is 11.3 Å². The Kier molecular flexibility index (Phi) is 6.80. The maximum atomic E-state index is 12.4. The van der Waals surface area contributed by atoms with Gasteiger partial charge < -0.3 is 14.7 Å². The molecule has 0 unspecified atom stereocenters. The van der Waals surface area contributed by atoms with Crippen molar-refractivity contribution in [2.24, 2.45) is 0 Å². The van der Waals surface area contributed by atoms with E-state index in [9.17, 15) is 4.79 Å². The van der Waals surface area contributed by atoms with Crippen molar-refractivity contribution < 1.29 is 14.6 Å². The highest BCUT2D eigenvalue weighted by atomic mass is 16.5. The molecule has 0 saturated heterocycles. The van der Waals surface area contributed by atoms with Crippen molar-refractivity contribution in [3.63, 3.8) is 0 Å². The molecule has 0 aliphatic carbocycles. The molecule has 0 fully saturated rings. The normalized spacial score (nSPS) is 15.5. The number of rotatable bonds is 7. The smallest absolute Gasteiger partial charge is 0.253 e. The molecule has 0 aromatic rings. The number of carbonyl (C=O) groups is 1. The quantitative estimate of drug-likeness (QED) is 0.709. The number of hydrogen-bond acceptors (Lipinski definition) is 3. The average Bonchev–Trinajstić information content (AvgIpc) is 2.38. The third kappa shape index (κ3) is 4.33. The van der Waals surface area contributed by atoms with E-state index in [-0.39, 0.29) is 12.5 Å². The lowest BCUT2D eigenvalue weighted by molar-refractivity contribution is -0.128. The van der Waals surface area contributed by atoms with E-state index < -0.39 is 0 Å². The number of amides is 1. The molecule has 0 spiro atoms. The van der Waals surface area contributed by atoms with Gasteiger partial charge in [0.25, 0.3) is 5.91 Å². The second-order valence-corrected chi connectivity index (χ2v) is 4.71. The fourth-order valence-corrected chi connectivity index (χ4v) is 2.17. The first-order chi connectivity index (χ1) is 8.70. The minimum Gasteiger partial charge on any atom is -0.498 e. The van der Waals surface area contributed by atoms with Gasteiger partial charge in [-0.1, -0.05) is 19.8 Å². The number of aliphatic hydroxyl groups is 1. The monoisotopic (exact) mass is 255 g/mol. The van der Waals surface area contributed by atoms with Crippen LogP contribution in [-0.2, 0) is 9.53 Å². The molecule has 1 heterocycles. The lowest BCUT2D eigenvalue weighted by Gasteiger charge is -2.26. The Morgan fingerprint density at radius 2 is 2.17 bits per heavy atom. The van der Waals surface area contributed by atoms with Crippen LogP contribution < -0.4 is 0 Å². The molecule has 0 bridgehead atoms. The molecule has 1 aliphatic heterocycles. The van der Waals surface area contributed by atoms with Crippen LogP contribution in [0.2, 0.25) is 0 Å². The van der Waals surface area contributed by atoms with Crippen molar-refractivity contribution in [2.45, 2.75) is 46.0 Å². The van der Waals surface area contributed by atoms with Crippen molar-refractivity contribution in [3.8, 4) is 0 Å².